The molecule has 3 aromatic rings. The van der Waals surface area contributed by atoms with Crippen molar-refractivity contribution < 1.29 is 0 Å². The van der Waals surface area contributed by atoms with Gasteiger partial charge < -0.3 is 4.98 Å². The first-order chi connectivity index (χ1) is 8.24. The molecule has 0 bridgehead atoms. The summed E-state index contributed by atoms with van der Waals surface area (Å²) >= 11 is 7.08. The van der Waals surface area contributed by atoms with Crippen LogP contribution < -0.4 is 0 Å². The van der Waals surface area contributed by atoms with Crippen LogP contribution in [0.5, 0.6) is 0 Å². The molecule has 0 aliphatic heterocycles. The van der Waals surface area contributed by atoms with Crippen LogP contribution in [0.3, 0.4) is 0 Å². The fourth-order valence-electron chi connectivity index (χ4n) is 1.83. The van der Waals surface area contributed by atoms with E-state index in [1.165, 1.54) is 4.88 Å². The number of thiophene rings is 1. The van der Waals surface area contributed by atoms with Gasteiger partial charge in [-0.1, -0.05) is 6.07 Å². The van der Waals surface area contributed by atoms with E-state index in [1.807, 2.05) is 23.6 Å². The average Bonchev–Trinajstić information content (AvgIpc) is 2.90. The zero-order valence-electron chi connectivity index (χ0n) is 9.30. The molecule has 0 saturated carbocycles. The predicted octanol–water partition coefficient (Wildman–Crippen LogP) is 3.51. The Morgan fingerprint density at radius 3 is 3.06 bits per heavy atom. The highest BCUT2D eigenvalue weighted by atomic mass is 32.1. The van der Waals surface area contributed by atoms with Crippen molar-refractivity contribution in [2.45, 2.75) is 13.5 Å². The molecule has 0 amide bonds. The monoisotopic (exact) mass is 261 g/mol. The zero-order chi connectivity index (χ0) is 11.8. The van der Waals surface area contributed by atoms with Gasteiger partial charge in [-0.05, 0) is 42.7 Å². The normalized spacial score (nSPS) is 11.1. The average molecular weight is 261 g/mol. The summed E-state index contributed by atoms with van der Waals surface area (Å²) in [6, 6.07) is 8.18. The third-order valence-electron chi connectivity index (χ3n) is 2.65. The predicted molar refractivity (Wildman–Crippen MR) is 73.1 cm³/mol. The van der Waals surface area contributed by atoms with E-state index < -0.39 is 0 Å². The maximum absolute atomic E-state index is 5.34. The van der Waals surface area contributed by atoms with Gasteiger partial charge in [0, 0.05) is 10.6 Å². The van der Waals surface area contributed by atoms with Crippen LogP contribution in [0.4, 0.5) is 0 Å². The second-order valence-electron chi connectivity index (χ2n) is 3.92. The molecule has 0 aliphatic carbocycles. The lowest BCUT2D eigenvalue weighted by atomic mass is 10.3. The molecule has 0 spiro atoms. The first kappa shape index (κ1) is 10.7. The second-order valence-corrected chi connectivity index (χ2v) is 5.34. The van der Waals surface area contributed by atoms with E-state index in [-0.39, 0.29) is 0 Å². The van der Waals surface area contributed by atoms with E-state index in [9.17, 15) is 0 Å². The molecule has 3 heterocycles. The second kappa shape index (κ2) is 4.09. The van der Waals surface area contributed by atoms with Gasteiger partial charge in [-0.25, -0.2) is 4.98 Å². The van der Waals surface area contributed by atoms with Crippen molar-refractivity contribution in [1.82, 2.24) is 14.5 Å². The van der Waals surface area contributed by atoms with Crippen LogP contribution in [0.1, 0.15) is 10.6 Å². The SMILES string of the molecule is Cc1ccc2[nH]c(=S)n(Cc3cccs3)c2n1. The molecule has 0 saturated heterocycles. The Morgan fingerprint density at radius 1 is 1.41 bits per heavy atom. The highest BCUT2D eigenvalue weighted by molar-refractivity contribution is 7.71. The van der Waals surface area contributed by atoms with Gasteiger partial charge in [-0.15, -0.1) is 11.3 Å². The smallest absolute Gasteiger partial charge is 0.179 e. The van der Waals surface area contributed by atoms with Crippen molar-refractivity contribution >= 4 is 34.7 Å². The summed E-state index contributed by atoms with van der Waals surface area (Å²) in [5, 5.41) is 2.08. The van der Waals surface area contributed by atoms with Gasteiger partial charge in [-0.3, -0.25) is 4.57 Å². The van der Waals surface area contributed by atoms with Crippen molar-refractivity contribution in [1.29, 1.82) is 0 Å². The summed E-state index contributed by atoms with van der Waals surface area (Å²) in [6.45, 7) is 2.78. The van der Waals surface area contributed by atoms with Crippen LogP contribution in [0, 0.1) is 11.7 Å². The van der Waals surface area contributed by atoms with Gasteiger partial charge in [0.05, 0.1) is 12.1 Å². The molecule has 3 rings (SSSR count). The number of aromatic amines is 1. The maximum atomic E-state index is 5.34. The molecule has 17 heavy (non-hydrogen) atoms. The summed E-state index contributed by atoms with van der Waals surface area (Å²) in [5.41, 5.74) is 2.94. The van der Waals surface area contributed by atoms with E-state index in [0.717, 1.165) is 28.2 Å². The van der Waals surface area contributed by atoms with Gasteiger partial charge in [0.15, 0.2) is 10.4 Å². The van der Waals surface area contributed by atoms with Gasteiger partial charge in [0.2, 0.25) is 0 Å². The number of aromatic nitrogens is 3. The topological polar surface area (TPSA) is 33.6 Å². The Balaban J connectivity index is 2.17. The lowest BCUT2D eigenvalue weighted by Gasteiger charge is -2.01. The summed E-state index contributed by atoms with van der Waals surface area (Å²) in [6.07, 6.45) is 0. The van der Waals surface area contributed by atoms with Crippen LogP contribution in [-0.2, 0) is 6.54 Å². The number of pyridine rings is 1. The molecule has 86 valence electrons. The number of imidazole rings is 1. The minimum absolute atomic E-state index is 0.728. The molecule has 0 radical (unpaired) electrons. The van der Waals surface area contributed by atoms with Crippen LogP contribution >= 0.6 is 23.6 Å². The molecule has 3 aromatic heterocycles. The third-order valence-corrected chi connectivity index (χ3v) is 3.83. The molecule has 3 nitrogen and oxygen atoms in total. The molecular weight excluding hydrogens is 250 g/mol. The van der Waals surface area contributed by atoms with Crippen LogP contribution in [0.25, 0.3) is 11.2 Å². The van der Waals surface area contributed by atoms with Crippen LogP contribution in [0.15, 0.2) is 29.6 Å². The number of hydrogen-bond donors (Lipinski definition) is 1. The number of aryl methyl sites for hydroxylation is 1. The zero-order valence-corrected chi connectivity index (χ0v) is 10.9. The number of hydrogen-bond acceptors (Lipinski definition) is 3. The summed E-state index contributed by atoms with van der Waals surface area (Å²) in [5.74, 6) is 0. The number of rotatable bonds is 2. The Hall–Kier alpha value is -1.46. The first-order valence-electron chi connectivity index (χ1n) is 5.32. The Labute approximate surface area is 108 Å². The molecule has 0 aromatic carbocycles. The lowest BCUT2D eigenvalue weighted by Crippen LogP contribution is -1.99. The first-order valence-corrected chi connectivity index (χ1v) is 6.61. The van der Waals surface area contributed by atoms with Crippen molar-refractivity contribution in [2.75, 3.05) is 0 Å². The minimum Gasteiger partial charge on any atom is -0.329 e. The van der Waals surface area contributed by atoms with E-state index in [2.05, 4.69) is 27.5 Å². The molecule has 0 unspecified atom stereocenters. The van der Waals surface area contributed by atoms with E-state index in [1.54, 1.807) is 11.3 Å². The number of nitrogens with one attached hydrogen (secondary N) is 1. The molecule has 0 aliphatic rings. The summed E-state index contributed by atoms with van der Waals surface area (Å²) in [4.78, 5) is 9.02. The fourth-order valence-corrected chi connectivity index (χ4v) is 2.78. The summed E-state index contributed by atoms with van der Waals surface area (Å²) < 4.78 is 2.77. The standard InChI is InChI=1S/C12H11N3S2/c1-8-4-5-10-11(13-8)15(12(16)14-10)7-9-3-2-6-17-9/h2-6H,7H2,1H3,(H,14,16). The van der Waals surface area contributed by atoms with E-state index in [4.69, 9.17) is 12.2 Å². The minimum atomic E-state index is 0.728. The molecule has 0 fully saturated rings. The van der Waals surface area contributed by atoms with E-state index >= 15 is 0 Å². The van der Waals surface area contributed by atoms with Gasteiger partial charge in [0.1, 0.15) is 0 Å². The molecule has 0 atom stereocenters. The van der Waals surface area contributed by atoms with Gasteiger partial charge in [-0.2, -0.15) is 0 Å². The number of H-pyrrole nitrogens is 1. The highest BCUT2D eigenvalue weighted by Crippen LogP contribution is 2.17. The van der Waals surface area contributed by atoms with E-state index in [0.29, 0.717) is 0 Å². The fraction of sp³-hybridized carbons (Fsp3) is 0.167. The van der Waals surface area contributed by atoms with Crippen LogP contribution in [-0.4, -0.2) is 14.5 Å². The highest BCUT2D eigenvalue weighted by Gasteiger charge is 2.06. The maximum Gasteiger partial charge on any atom is 0.179 e. The Bertz CT molecular complexity index is 707. The van der Waals surface area contributed by atoms with Gasteiger partial charge in [0.25, 0.3) is 0 Å². The number of nitrogens with zero attached hydrogens (tertiary/aromatic N) is 2. The largest absolute Gasteiger partial charge is 0.329 e. The van der Waals surface area contributed by atoms with Crippen molar-refractivity contribution in [2.24, 2.45) is 0 Å². The Kier molecular flexibility index (Phi) is 2.57. The molecular formula is C12H11N3S2. The van der Waals surface area contributed by atoms with Crippen molar-refractivity contribution in [3.63, 3.8) is 0 Å². The Morgan fingerprint density at radius 2 is 2.29 bits per heavy atom. The quantitative estimate of drug-likeness (QED) is 0.716. The third kappa shape index (κ3) is 1.92. The molecule has 5 heteroatoms. The van der Waals surface area contributed by atoms with Crippen LogP contribution in [0.2, 0.25) is 0 Å². The molecule has 1 N–H and O–H groups in total. The van der Waals surface area contributed by atoms with Gasteiger partial charge >= 0.3 is 0 Å². The van der Waals surface area contributed by atoms with Crippen molar-refractivity contribution in [3.05, 3.63) is 45.0 Å². The lowest BCUT2D eigenvalue weighted by molar-refractivity contribution is 0.811. The van der Waals surface area contributed by atoms with Crippen molar-refractivity contribution in [3.8, 4) is 0 Å². The summed E-state index contributed by atoms with van der Waals surface area (Å²) in [7, 11) is 0. The number of fused-ring (bicyclic) bond motifs is 1.